The molecule has 4 nitrogen and oxygen atoms in total. The normalized spacial score (nSPS) is 23.2. The molecule has 3 fully saturated rings. The number of rotatable bonds is 3. The molecule has 0 aromatic heterocycles. The van der Waals surface area contributed by atoms with Crippen LogP contribution in [0.25, 0.3) is 0 Å². The van der Waals surface area contributed by atoms with Gasteiger partial charge in [-0.1, -0.05) is 19.3 Å². The summed E-state index contributed by atoms with van der Waals surface area (Å²) in [6, 6.07) is 9.05. The number of hydrogen-bond donors (Lipinski definition) is 0. The van der Waals surface area contributed by atoms with E-state index in [-0.39, 0.29) is 5.91 Å². The molecule has 2 aliphatic heterocycles. The van der Waals surface area contributed by atoms with Crippen LogP contribution in [0.5, 0.6) is 0 Å². The second-order valence-electron chi connectivity index (χ2n) is 7.86. The Balaban J connectivity index is 1.32. The number of carbonyl (C=O) groups excluding carboxylic acids is 1. The van der Waals surface area contributed by atoms with Gasteiger partial charge in [0.15, 0.2) is 0 Å². The van der Waals surface area contributed by atoms with Gasteiger partial charge in [0.2, 0.25) is 0 Å². The molecule has 1 aliphatic carbocycles. The second-order valence-corrected chi connectivity index (χ2v) is 7.86. The maximum atomic E-state index is 12.8. The summed E-state index contributed by atoms with van der Waals surface area (Å²) >= 11 is 0. The lowest BCUT2D eigenvalue weighted by molar-refractivity contribution is 0.0523. The highest BCUT2D eigenvalue weighted by molar-refractivity contribution is 5.94. The quantitative estimate of drug-likeness (QED) is 0.843. The molecule has 0 atom stereocenters. The average Bonchev–Trinajstić information content (AvgIpc) is 3.23. The molecule has 1 amide bonds. The van der Waals surface area contributed by atoms with Crippen molar-refractivity contribution >= 4 is 11.6 Å². The molecule has 3 aliphatic rings. The van der Waals surface area contributed by atoms with E-state index in [1.165, 1.54) is 50.6 Å². The molecule has 1 aromatic rings. The third-order valence-corrected chi connectivity index (χ3v) is 6.28. The highest BCUT2D eigenvalue weighted by Crippen LogP contribution is 2.24. The summed E-state index contributed by atoms with van der Waals surface area (Å²) in [4.78, 5) is 19.9. The summed E-state index contributed by atoms with van der Waals surface area (Å²) in [6.07, 6.45) is 9.44. The molecule has 25 heavy (non-hydrogen) atoms. The monoisotopic (exact) mass is 341 g/mol. The van der Waals surface area contributed by atoms with Gasteiger partial charge in [0.25, 0.3) is 5.91 Å². The van der Waals surface area contributed by atoms with E-state index in [9.17, 15) is 4.79 Å². The van der Waals surface area contributed by atoms with Crippen LogP contribution in [0.2, 0.25) is 0 Å². The maximum absolute atomic E-state index is 12.8. The van der Waals surface area contributed by atoms with Crippen LogP contribution in [0.4, 0.5) is 5.69 Å². The molecule has 2 saturated heterocycles. The van der Waals surface area contributed by atoms with E-state index in [0.29, 0.717) is 0 Å². The zero-order valence-electron chi connectivity index (χ0n) is 15.3. The van der Waals surface area contributed by atoms with E-state index < -0.39 is 0 Å². The Morgan fingerprint density at radius 1 is 0.760 bits per heavy atom. The van der Waals surface area contributed by atoms with E-state index in [2.05, 4.69) is 21.9 Å². The van der Waals surface area contributed by atoms with Crippen LogP contribution in [0.3, 0.4) is 0 Å². The summed E-state index contributed by atoms with van der Waals surface area (Å²) in [5.41, 5.74) is 2.10. The van der Waals surface area contributed by atoms with E-state index in [1.54, 1.807) is 0 Å². The van der Waals surface area contributed by atoms with Crippen molar-refractivity contribution in [3.63, 3.8) is 0 Å². The van der Waals surface area contributed by atoms with Gasteiger partial charge in [-0.2, -0.15) is 0 Å². The van der Waals surface area contributed by atoms with Gasteiger partial charge < -0.3 is 9.80 Å². The van der Waals surface area contributed by atoms with Crippen LogP contribution in [0.15, 0.2) is 24.3 Å². The number of carbonyl (C=O) groups is 1. The molecular weight excluding hydrogens is 310 g/mol. The topological polar surface area (TPSA) is 26.8 Å². The van der Waals surface area contributed by atoms with E-state index in [0.717, 1.165) is 50.9 Å². The van der Waals surface area contributed by atoms with Crippen LogP contribution < -0.4 is 4.90 Å². The Hall–Kier alpha value is -1.55. The van der Waals surface area contributed by atoms with Gasteiger partial charge in [-0.15, -0.1) is 0 Å². The number of hydrogen-bond acceptors (Lipinski definition) is 3. The van der Waals surface area contributed by atoms with Crippen LogP contribution in [0, 0.1) is 0 Å². The van der Waals surface area contributed by atoms with Crippen molar-refractivity contribution in [3.8, 4) is 0 Å². The van der Waals surface area contributed by atoms with Crippen LogP contribution in [-0.4, -0.2) is 61.0 Å². The van der Waals surface area contributed by atoms with Crippen LogP contribution in [0.1, 0.15) is 55.3 Å². The Morgan fingerprint density at radius 2 is 1.40 bits per heavy atom. The predicted octanol–water partition coefficient (Wildman–Crippen LogP) is 3.38. The highest BCUT2D eigenvalue weighted by Gasteiger charge is 2.27. The first-order valence-electron chi connectivity index (χ1n) is 10.2. The molecule has 0 radical (unpaired) electrons. The molecule has 1 aromatic carbocycles. The van der Waals surface area contributed by atoms with Crippen molar-refractivity contribution in [1.29, 1.82) is 0 Å². The molecule has 0 spiro atoms. The fraction of sp³-hybridized carbons (Fsp3) is 0.667. The lowest BCUT2D eigenvalue weighted by Crippen LogP contribution is -2.52. The highest BCUT2D eigenvalue weighted by atomic mass is 16.2. The number of anilines is 1. The van der Waals surface area contributed by atoms with Gasteiger partial charge in [-0.3, -0.25) is 9.69 Å². The van der Waals surface area contributed by atoms with Crippen molar-refractivity contribution in [1.82, 2.24) is 9.80 Å². The molecule has 2 heterocycles. The first-order chi connectivity index (χ1) is 12.3. The maximum Gasteiger partial charge on any atom is 0.253 e. The third-order valence-electron chi connectivity index (χ3n) is 6.28. The number of amides is 1. The molecular formula is C21H31N3O. The second kappa shape index (κ2) is 7.77. The Morgan fingerprint density at radius 3 is 2.04 bits per heavy atom. The summed E-state index contributed by atoms with van der Waals surface area (Å²) < 4.78 is 0. The van der Waals surface area contributed by atoms with Crippen molar-refractivity contribution in [3.05, 3.63) is 29.8 Å². The summed E-state index contributed by atoms with van der Waals surface area (Å²) in [5.74, 6) is 0.205. The summed E-state index contributed by atoms with van der Waals surface area (Å²) in [7, 11) is 0. The predicted molar refractivity (Wildman–Crippen MR) is 102 cm³/mol. The van der Waals surface area contributed by atoms with Crippen molar-refractivity contribution in [2.24, 2.45) is 0 Å². The zero-order chi connectivity index (χ0) is 17.1. The molecule has 0 N–H and O–H groups in total. The van der Waals surface area contributed by atoms with Crippen LogP contribution in [-0.2, 0) is 0 Å². The van der Waals surface area contributed by atoms with Crippen molar-refractivity contribution in [2.75, 3.05) is 44.2 Å². The number of piperazine rings is 1. The fourth-order valence-electron chi connectivity index (χ4n) is 4.71. The average molecular weight is 341 g/mol. The van der Waals surface area contributed by atoms with Gasteiger partial charge in [-0.05, 0) is 49.9 Å². The van der Waals surface area contributed by atoms with E-state index in [4.69, 9.17) is 0 Å². The fourth-order valence-corrected chi connectivity index (χ4v) is 4.71. The van der Waals surface area contributed by atoms with Crippen LogP contribution >= 0.6 is 0 Å². The summed E-state index contributed by atoms with van der Waals surface area (Å²) in [6.45, 7) is 6.14. The number of benzene rings is 1. The Kier molecular flexibility index (Phi) is 5.25. The van der Waals surface area contributed by atoms with Gasteiger partial charge in [-0.25, -0.2) is 0 Å². The largest absolute Gasteiger partial charge is 0.372 e. The van der Waals surface area contributed by atoms with Gasteiger partial charge >= 0.3 is 0 Å². The molecule has 4 rings (SSSR count). The lowest BCUT2D eigenvalue weighted by Gasteiger charge is -2.40. The minimum Gasteiger partial charge on any atom is -0.372 e. The van der Waals surface area contributed by atoms with Gasteiger partial charge in [0, 0.05) is 56.6 Å². The minimum absolute atomic E-state index is 0.205. The first kappa shape index (κ1) is 16.9. The Labute approximate surface area is 151 Å². The zero-order valence-corrected chi connectivity index (χ0v) is 15.3. The van der Waals surface area contributed by atoms with Crippen molar-refractivity contribution < 1.29 is 4.79 Å². The molecule has 0 bridgehead atoms. The van der Waals surface area contributed by atoms with Gasteiger partial charge in [0.1, 0.15) is 0 Å². The summed E-state index contributed by atoms with van der Waals surface area (Å²) in [5, 5.41) is 0. The Bertz CT molecular complexity index is 565. The molecule has 136 valence electrons. The first-order valence-corrected chi connectivity index (χ1v) is 10.2. The number of nitrogens with zero attached hydrogens (tertiary/aromatic N) is 3. The molecule has 1 saturated carbocycles. The standard InChI is InChI=1S/C21H31N3O/c25-21(18-8-10-20(11-9-18)22-12-4-5-13-22)24-16-14-23(15-17-24)19-6-2-1-3-7-19/h8-11,19H,1-7,12-17H2. The van der Waals surface area contributed by atoms with Crippen molar-refractivity contribution in [2.45, 2.75) is 51.0 Å². The molecule has 4 heteroatoms. The SMILES string of the molecule is O=C(c1ccc(N2CCCC2)cc1)N1CCN(C2CCCCC2)CC1. The third kappa shape index (κ3) is 3.84. The van der Waals surface area contributed by atoms with Gasteiger partial charge in [0.05, 0.1) is 0 Å². The molecule has 0 unspecified atom stereocenters. The smallest absolute Gasteiger partial charge is 0.253 e. The van der Waals surface area contributed by atoms with E-state index >= 15 is 0 Å². The van der Waals surface area contributed by atoms with E-state index in [1.807, 2.05) is 17.0 Å². The lowest BCUT2D eigenvalue weighted by atomic mass is 9.94. The minimum atomic E-state index is 0.205.